The second-order valence-electron chi connectivity index (χ2n) is 5.38. The molecule has 4 heteroatoms. The Balaban J connectivity index is 1.90. The van der Waals surface area contributed by atoms with Crippen LogP contribution in [0.25, 0.3) is 0 Å². The molecule has 0 atom stereocenters. The van der Waals surface area contributed by atoms with Gasteiger partial charge in [-0.1, -0.05) is 17.7 Å². The van der Waals surface area contributed by atoms with Gasteiger partial charge in [0.25, 0.3) is 0 Å². The van der Waals surface area contributed by atoms with Crippen molar-refractivity contribution in [2.75, 3.05) is 11.4 Å². The zero-order valence-corrected chi connectivity index (χ0v) is 11.8. The van der Waals surface area contributed by atoms with Crippen LogP contribution < -0.4 is 4.90 Å². The molecule has 4 nitrogen and oxygen atoms in total. The highest BCUT2D eigenvalue weighted by Gasteiger charge is 2.18. The Morgan fingerprint density at radius 3 is 2.79 bits per heavy atom. The van der Waals surface area contributed by atoms with E-state index in [1.165, 1.54) is 29.7 Å². The number of benzene rings is 1. The van der Waals surface area contributed by atoms with E-state index in [4.69, 9.17) is 0 Å². The molecule has 1 aliphatic rings. The molecule has 0 unspecified atom stereocenters. The quantitative estimate of drug-likeness (QED) is 0.827. The van der Waals surface area contributed by atoms with Crippen LogP contribution in [0, 0.1) is 13.8 Å². The second kappa shape index (κ2) is 4.68. The van der Waals surface area contributed by atoms with E-state index in [2.05, 4.69) is 44.8 Å². The number of nitrogens with zero attached hydrogens (tertiary/aromatic N) is 4. The van der Waals surface area contributed by atoms with Crippen molar-refractivity contribution in [1.82, 2.24) is 14.8 Å². The van der Waals surface area contributed by atoms with Crippen molar-refractivity contribution in [2.24, 2.45) is 7.05 Å². The van der Waals surface area contributed by atoms with E-state index in [0.717, 1.165) is 24.7 Å². The molecular weight excluding hydrogens is 236 g/mol. The van der Waals surface area contributed by atoms with Crippen molar-refractivity contribution in [2.45, 2.75) is 33.2 Å². The summed E-state index contributed by atoms with van der Waals surface area (Å²) >= 11 is 0. The zero-order chi connectivity index (χ0) is 13.4. The fraction of sp³-hybridized carbons (Fsp3) is 0.467. The maximum atomic E-state index is 4.27. The van der Waals surface area contributed by atoms with Gasteiger partial charge in [0.1, 0.15) is 5.82 Å². The van der Waals surface area contributed by atoms with Crippen LogP contribution >= 0.6 is 0 Å². The summed E-state index contributed by atoms with van der Waals surface area (Å²) in [5.74, 6) is 2.00. The summed E-state index contributed by atoms with van der Waals surface area (Å²) in [7, 11) is 2.03. The molecule has 1 aromatic carbocycles. The number of anilines is 1. The number of fused-ring (bicyclic) bond motifs is 1. The van der Waals surface area contributed by atoms with Crippen molar-refractivity contribution >= 4 is 5.69 Å². The SMILES string of the molecule is Cc1ccc2c(c1)CCCN2Cc1nnc(C)n1C. The smallest absolute Gasteiger partial charge is 0.152 e. The van der Waals surface area contributed by atoms with Gasteiger partial charge < -0.3 is 9.47 Å². The van der Waals surface area contributed by atoms with Crippen LogP contribution in [-0.2, 0) is 20.0 Å². The highest BCUT2D eigenvalue weighted by atomic mass is 15.3. The van der Waals surface area contributed by atoms with Crippen molar-refractivity contribution in [3.63, 3.8) is 0 Å². The first kappa shape index (κ1) is 12.2. The summed E-state index contributed by atoms with van der Waals surface area (Å²) in [6, 6.07) is 6.75. The van der Waals surface area contributed by atoms with Crippen molar-refractivity contribution in [3.05, 3.63) is 41.0 Å². The standard InChI is InChI=1S/C15H20N4/c1-11-6-7-14-13(9-11)5-4-8-19(14)10-15-17-16-12(2)18(15)3/h6-7,9H,4-5,8,10H2,1-3H3. The highest BCUT2D eigenvalue weighted by molar-refractivity contribution is 5.56. The van der Waals surface area contributed by atoms with Crippen LogP contribution in [0.2, 0.25) is 0 Å². The Morgan fingerprint density at radius 1 is 1.21 bits per heavy atom. The molecule has 0 spiro atoms. The van der Waals surface area contributed by atoms with Crippen LogP contribution in [0.3, 0.4) is 0 Å². The lowest BCUT2D eigenvalue weighted by atomic mass is 9.99. The van der Waals surface area contributed by atoms with E-state index in [1.807, 2.05) is 14.0 Å². The third kappa shape index (κ3) is 2.23. The topological polar surface area (TPSA) is 34.0 Å². The first-order chi connectivity index (χ1) is 9.15. The average molecular weight is 256 g/mol. The summed E-state index contributed by atoms with van der Waals surface area (Å²) in [5.41, 5.74) is 4.16. The highest BCUT2D eigenvalue weighted by Crippen LogP contribution is 2.28. The Hall–Kier alpha value is -1.84. The Morgan fingerprint density at radius 2 is 2.05 bits per heavy atom. The molecule has 1 aromatic heterocycles. The normalized spacial score (nSPS) is 14.6. The molecule has 0 N–H and O–H groups in total. The van der Waals surface area contributed by atoms with E-state index in [9.17, 15) is 0 Å². The maximum Gasteiger partial charge on any atom is 0.152 e. The number of aryl methyl sites for hydroxylation is 3. The van der Waals surface area contributed by atoms with Crippen molar-refractivity contribution in [1.29, 1.82) is 0 Å². The molecule has 0 amide bonds. The third-order valence-electron chi connectivity index (χ3n) is 3.96. The summed E-state index contributed by atoms with van der Waals surface area (Å²) in [4.78, 5) is 2.42. The third-order valence-corrected chi connectivity index (χ3v) is 3.96. The predicted molar refractivity (Wildman–Crippen MR) is 76.3 cm³/mol. The van der Waals surface area contributed by atoms with Gasteiger partial charge in [-0.3, -0.25) is 0 Å². The summed E-state index contributed by atoms with van der Waals surface area (Å²) in [6.45, 7) is 6.09. The average Bonchev–Trinajstić information content (AvgIpc) is 2.71. The number of hydrogen-bond acceptors (Lipinski definition) is 3. The van der Waals surface area contributed by atoms with Crippen LogP contribution in [0.5, 0.6) is 0 Å². The van der Waals surface area contributed by atoms with E-state index in [1.54, 1.807) is 0 Å². The van der Waals surface area contributed by atoms with Gasteiger partial charge in [-0.25, -0.2) is 0 Å². The van der Waals surface area contributed by atoms with Crippen LogP contribution in [0.4, 0.5) is 5.69 Å². The van der Waals surface area contributed by atoms with Gasteiger partial charge >= 0.3 is 0 Å². The first-order valence-electron chi connectivity index (χ1n) is 6.84. The Kier molecular flexibility index (Phi) is 3.01. The molecule has 19 heavy (non-hydrogen) atoms. The van der Waals surface area contributed by atoms with Gasteiger partial charge in [0.05, 0.1) is 6.54 Å². The van der Waals surface area contributed by atoms with Crippen LogP contribution in [-0.4, -0.2) is 21.3 Å². The maximum absolute atomic E-state index is 4.27. The van der Waals surface area contributed by atoms with Crippen molar-refractivity contribution < 1.29 is 0 Å². The zero-order valence-electron chi connectivity index (χ0n) is 11.8. The minimum Gasteiger partial charge on any atom is -0.364 e. The number of rotatable bonds is 2. The van der Waals surface area contributed by atoms with Gasteiger partial charge in [0.15, 0.2) is 5.82 Å². The molecule has 0 bridgehead atoms. The Labute approximate surface area is 114 Å². The molecule has 100 valence electrons. The Bertz CT molecular complexity index is 600. The van der Waals surface area contributed by atoms with E-state index < -0.39 is 0 Å². The van der Waals surface area contributed by atoms with Gasteiger partial charge in [-0.2, -0.15) is 0 Å². The molecule has 3 rings (SSSR count). The lowest BCUT2D eigenvalue weighted by molar-refractivity contribution is 0.653. The minimum absolute atomic E-state index is 0.841. The predicted octanol–water partition coefficient (Wildman–Crippen LogP) is 2.38. The van der Waals surface area contributed by atoms with Gasteiger partial charge in [-0.15, -0.1) is 10.2 Å². The first-order valence-corrected chi connectivity index (χ1v) is 6.84. The molecular formula is C15H20N4. The van der Waals surface area contributed by atoms with Crippen molar-refractivity contribution in [3.8, 4) is 0 Å². The van der Waals surface area contributed by atoms with E-state index in [0.29, 0.717) is 0 Å². The summed E-state index contributed by atoms with van der Waals surface area (Å²) in [6.07, 6.45) is 2.40. The molecule has 0 radical (unpaired) electrons. The molecule has 1 aliphatic heterocycles. The molecule has 2 aromatic rings. The molecule has 2 heterocycles. The largest absolute Gasteiger partial charge is 0.364 e. The van der Waals surface area contributed by atoms with E-state index >= 15 is 0 Å². The van der Waals surface area contributed by atoms with Gasteiger partial charge in [0, 0.05) is 19.3 Å². The minimum atomic E-state index is 0.841. The molecule has 0 saturated carbocycles. The summed E-state index contributed by atoms with van der Waals surface area (Å²) in [5, 5.41) is 8.41. The van der Waals surface area contributed by atoms with E-state index in [-0.39, 0.29) is 0 Å². The fourth-order valence-corrected chi connectivity index (χ4v) is 2.73. The second-order valence-corrected chi connectivity index (χ2v) is 5.38. The van der Waals surface area contributed by atoms with Crippen LogP contribution in [0.1, 0.15) is 29.2 Å². The molecule has 0 aliphatic carbocycles. The number of aromatic nitrogens is 3. The lowest BCUT2D eigenvalue weighted by Gasteiger charge is -2.31. The van der Waals surface area contributed by atoms with Gasteiger partial charge in [0.2, 0.25) is 0 Å². The fourth-order valence-electron chi connectivity index (χ4n) is 2.73. The molecule has 0 saturated heterocycles. The summed E-state index contributed by atoms with van der Waals surface area (Å²) < 4.78 is 2.07. The lowest BCUT2D eigenvalue weighted by Crippen LogP contribution is -2.30. The molecule has 0 fully saturated rings. The van der Waals surface area contributed by atoms with Gasteiger partial charge in [-0.05, 0) is 38.3 Å². The monoisotopic (exact) mass is 256 g/mol. The van der Waals surface area contributed by atoms with Crippen LogP contribution in [0.15, 0.2) is 18.2 Å². The number of hydrogen-bond donors (Lipinski definition) is 0.